The molecule has 5 aromatic rings. The normalized spacial score (nSPS) is 13.7. The lowest BCUT2D eigenvalue weighted by atomic mass is 9.92. The first-order valence-electron chi connectivity index (χ1n) is 13.2. The Balaban J connectivity index is 0.00000294. The summed E-state index contributed by atoms with van der Waals surface area (Å²) in [5.74, 6) is -0.335. The number of pyridine rings is 1. The number of halogens is 1. The van der Waals surface area contributed by atoms with E-state index in [0.717, 1.165) is 62.1 Å². The average Bonchev–Trinajstić information content (AvgIpc) is 2.94. The van der Waals surface area contributed by atoms with Crippen molar-refractivity contribution in [2.24, 2.45) is 5.73 Å². The van der Waals surface area contributed by atoms with Crippen LogP contribution in [0.5, 0.6) is 0 Å². The maximum absolute atomic E-state index is 13.0. The van der Waals surface area contributed by atoms with Crippen LogP contribution in [0.15, 0.2) is 79.1 Å². The van der Waals surface area contributed by atoms with E-state index in [9.17, 15) is 4.79 Å². The smallest absolute Gasteiger partial charge is 0.251 e. The molecule has 1 amide bonds. The zero-order valence-corrected chi connectivity index (χ0v) is 22.5. The SMILES string of the molecule is CCCCc1cc2cc3ccccc3cc2c(N2CCN(c3cccc4ccncc34)CC2)c1C(N)=O.Cl. The summed E-state index contributed by atoms with van der Waals surface area (Å²) < 4.78 is 0. The number of hydrogen-bond acceptors (Lipinski definition) is 4. The first-order valence-corrected chi connectivity index (χ1v) is 13.2. The molecule has 1 aliphatic rings. The van der Waals surface area contributed by atoms with Gasteiger partial charge in [0.15, 0.2) is 0 Å². The summed E-state index contributed by atoms with van der Waals surface area (Å²) in [6.07, 6.45) is 6.75. The van der Waals surface area contributed by atoms with Gasteiger partial charge in [0.05, 0.1) is 11.3 Å². The van der Waals surface area contributed by atoms with Crippen LogP contribution in [0.1, 0.15) is 35.7 Å². The molecule has 0 spiro atoms. The Labute approximate surface area is 229 Å². The molecule has 6 rings (SSSR count). The van der Waals surface area contributed by atoms with Crippen LogP contribution in [0.2, 0.25) is 0 Å². The van der Waals surface area contributed by atoms with Gasteiger partial charge in [-0.05, 0) is 64.2 Å². The van der Waals surface area contributed by atoms with Gasteiger partial charge >= 0.3 is 0 Å². The van der Waals surface area contributed by atoms with Crippen molar-refractivity contribution in [2.75, 3.05) is 36.0 Å². The number of piperazine rings is 1. The van der Waals surface area contributed by atoms with E-state index in [1.165, 1.54) is 32.6 Å². The summed E-state index contributed by atoms with van der Waals surface area (Å²) in [6.45, 7) is 5.54. The second-order valence-corrected chi connectivity index (χ2v) is 10.00. The maximum atomic E-state index is 13.0. The van der Waals surface area contributed by atoms with Gasteiger partial charge in [-0.15, -0.1) is 12.4 Å². The molecule has 2 N–H and O–H groups in total. The molecule has 2 heterocycles. The molecular formula is C32H33ClN4O. The van der Waals surface area contributed by atoms with Gasteiger partial charge in [0.25, 0.3) is 5.91 Å². The standard InChI is InChI=1S/C32H32N4O.ClH/c1-2-3-7-25-19-26-18-23-8-4-5-9-24(23)20-27(26)31(30(25)32(33)37)36-16-14-35(15-17-36)29-11-6-10-22-12-13-34-21-28(22)29;/h4-6,8-13,18-21H,2-3,7,14-17H2,1H3,(H2,33,37);1H. The van der Waals surface area contributed by atoms with E-state index in [-0.39, 0.29) is 18.3 Å². The van der Waals surface area contributed by atoms with Crippen molar-refractivity contribution < 1.29 is 4.79 Å². The van der Waals surface area contributed by atoms with Gasteiger partial charge in [0.1, 0.15) is 0 Å². The van der Waals surface area contributed by atoms with Gasteiger partial charge in [-0.1, -0.05) is 55.8 Å². The Morgan fingerprint density at radius 3 is 2.29 bits per heavy atom. The van der Waals surface area contributed by atoms with Crippen LogP contribution >= 0.6 is 12.4 Å². The number of hydrogen-bond donors (Lipinski definition) is 1. The van der Waals surface area contributed by atoms with Gasteiger partial charge in [-0.2, -0.15) is 0 Å². The Morgan fingerprint density at radius 1 is 0.842 bits per heavy atom. The van der Waals surface area contributed by atoms with E-state index in [1.54, 1.807) is 0 Å². The molecule has 194 valence electrons. The number of anilines is 2. The van der Waals surface area contributed by atoms with Crippen LogP contribution in [-0.4, -0.2) is 37.1 Å². The molecule has 1 aliphatic heterocycles. The molecule has 38 heavy (non-hydrogen) atoms. The molecule has 0 saturated carbocycles. The molecular weight excluding hydrogens is 492 g/mol. The first-order chi connectivity index (χ1) is 18.1. The predicted molar refractivity (Wildman–Crippen MR) is 162 cm³/mol. The number of carbonyl (C=O) groups is 1. The van der Waals surface area contributed by atoms with Gasteiger partial charge in [-0.25, -0.2) is 0 Å². The van der Waals surface area contributed by atoms with E-state index in [2.05, 4.69) is 88.4 Å². The monoisotopic (exact) mass is 524 g/mol. The lowest BCUT2D eigenvalue weighted by molar-refractivity contribution is 0.1000. The molecule has 5 nitrogen and oxygen atoms in total. The molecule has 0 unspecified atom stereocenters. The highest BCUT2D eigenvalue weighted by atomic mass is 35.5. The summed E-state index contributed by atoms with van der Waals surface area (Å²) in [5, 5.41) is 7.04. The van der Waals surface area contributed by atoms with Crippen molar-refractivity contribution in [2.45, 2.75) is 26.2 Å². The summed E-state index contributed by atoms with van der Waals surface area (Å²) in [5.41, 5.74) is 10.1. The average molecular weight is 525 g/mol. The number of primary amides is 1. The van der Waals surface area contributed by atoms with Crippen LogP contribution < -0.4 is 15.5 Å². The molecule has 0 atom stereocenters. The quantitative estimate of drug-likeness (QED) is 0.250. The lowest BCUT2D eigenvalue weighted by Gasteiger charge is -2.39. The van der Waals surface area contributed by atoms with Gasteiger partial charge in [0, 0.05) is 55.0 Å². The van der Waals surface area contributed by atoms with Crippen LogP contribution in [0.3, 0.4) is 0 Å². The zero-order chi connectivity index (χ0) is 25.4. The van der Waals surface area contributed by atoms with E-state index < -0.39 is 0 Å². The number of nitrogens with zero attached hydrogens (tertiary/aromatic N) is 3. The van der Waals surface area contributed by atoms with Crippen LogP contribution in [0, 0.1) is 0 Å². The number of rotatable bonds is 6. The topological polar surface area (TPSA) is 62.5 Å². The van der Waals surface area contributed by atoms with E-state index in [1.807, 2.05) is 12.4 Å². The molecule has 1 aromatic heterocycles. The van der Waals surface area contributed by atoms with Crippen molar-refractivity contribution in [3.05, 3.63) is 90.3 Å². The molecule has 0 aliphatic carbocycles. The minimum absolute atomic E-state index is 0. The van der Waals surface area contributed by atoms with E-state index >= 15 is 0 Å². The highest BCUT2D eigenvalue weighted by molar-refractivity contribution is 6.12. The highest BCUT2D eigenvalue weighted by Gasteiger charge is 2.26. The number of unbranched alkanes of at least 4 members (excludes halogenated alkanes) is 1. The van der Waals surface area contributed by atoms with Crippen molar-refractivity contribution in [3.63, 3.8) is 0 Å². The Morgan fingerprint density at radius 2 is 1.55 bits per heavy atom. The number of amides is 1. The van der Waals surface area contributed by atoms with E-state index in [4.69, 9.17) is 5.73 Å². The highest BCUT2D eigenvalue weighted by Crippen LogP contribution is 2.38. The zero-order valence-electron chi connectivity index (χ0n) is 21.7. The number of benzene rings is 4. The van der Waals surface area contributed by atoms with Crippen LogP contribution in [0.4, 0.5) is 11.4 Å². The summed E-state index contributed by atoms with van der Waals surface area (Å²) in [4.78, 5) is 22.1. The minimum atomic E-state index is -0.335. The van der Waals surface area contributed by atoms with Gasteiger partial charge < -0.3 is 15.5 Å². The lowest BCUT2D eigenvalue weighted by Crippen LogP contribution is -2.47. The second-order valence-electron chi connectivity index (χ2n) is 10.00. The Hall–Kier alpha value is -3.83. The fraction of sp³-hybridized carbons (Fsp3) is 0.250. The van der Waals surface area contributed by atoms with Crippen molar-refractivity contribution in [1.82, 2.24) is 4.98 Å². The van der Waals surface area contributed by atoms with Crippen molar-refractivity contribution in [3.8, 4) is 0 Å². The molecule has 0 radical (unpaired) electrons. The van der Waals surface area contributed by atoms with Crippen LogP contribution in [0.25, 0.3) is 32.3 Å². The fourth-order valence-electron chi connectivity index (χ4n) is 5.84. The molecule has 4 aromatic carbocycles. The summed E-state index contributed by atoms with van der Waals surface area (Å²) in [7, 11) is 0. The van der Waals surface area contributed by atoms with E-state index in [0.29, 0.717) is 5.56 Å². The van der Waals surface area contributed by atoms with Gasteiger partial charge in [0.2, 0.25) is 0 Å². The van der Waals surface area contributed by atoms with Crippen molar-refractivity contribution >= 4 is 62.0 Å². The van der Waals surface area contributed by atoms with Crippen molar-refractivity contribution in [1.29, 1.82) is 0 Å². The fourth-order valence-corrected chi connectivity index (χ4v) is 5.84. The number of carbonyl (C=O) groups excluding carboxylic acids is 1. The van der Waals surface area contributed by atoms with Gasteiger partial charge in [-0.3, -0.25) is 9.78 Å². The summed E-state index contributed by atoms with van der Waals surface area (Å²) in [6, 6.07) is 23.6. The largest absolute Gasteiger partial charge is 0.367 e. The molecule has 1 fully saturated rings. The Bertz CT molecular complexity index is 1620. The predicted octanol–water partition coefficient (Wildman–Crippen LogP) is 6.73. The minimum Gasteiger partial charge on any atom is -0.367 e. The summed E-state index contributed by atoms with van der Waals surface area (Å²) >= 11 is 0. The first kappa shape index (κ1) is 25.8. The molecule has 1 saturated heterocycles. The maximum Gasteiger partial charge on any atom is 0.251 e. The third-order valence-corrected chi connectivity index (χ3v) is 7.70. The Kier molecular flexibility index (Phi) is 7.39. The third kappa shape index (κ3) is 4.63. The number of nitrogens with two attached hydrogens (primary N) is 1. The second kappa shape index (κ2) is 10.9. The number of fused-ring (bicyclic) bond motifs is 3. The number of aryl methyl sites for hydroxylation is 1. The molecule has 0 bridgehead atoms. The third-order valence-electron chi connectivity index (χ3n) is 7.70. The number of aromatic nitrogens is 1. The van der Waals surface area contributed by atoms with Crippen LogP contribution in [-0.2, 0) is 6.42 Å². The molecule has 6 heteroatoms.